The molecule has 32 valence electrons. The van der Waals surface area contributed by atoms with Crippen LogP contribution in [0.15, 0.2) is 0 Å². The van der Waals surface area contributed by atoms with Gasteiger partial charge in [0.15, 0.2) is 0 Å². The van der Waals surface area contributed by atoms with Crippen LogP contribution < -0.4 is 0 Å². The van der Waals surface area contributed by atoms with Crippen LogP contribution in [0, 0.1) is 27.7 Å². The summed E-state index contributed by atoms with van der Waals surface area (Å²) in [5, 5.41) is 0. The van der Waals surface area contributed by atoms with Crippen molar-refractivity contribution in [2.24, 2.45) is 0 Å². The normalized spacial score (nSPS) is 0.400. The Morgan fingerprint density at radius 2 is 1.00 bits per heavy atom. The standard InChI is InChI=1S/C2H.2CH3.W/c1-2;;;/h1H;2*1H3;/q3*-1;. The number of terminal acetylenes is 1. The summed E-state index contributed by atoms with van der Waals surface area (Å²) in [6.07, 6.45) is 9.00. The quantitative estimate of drug-likeness (QED) is 0.438. The molecule has 0 bridgehead atoms. The Kier molecular flexibility index (Phi) is 8840. The van der Waals surface area contributed by atoms with E-state index >= 15 is 0 Å². The zero-order chi connectivity index (χ0) is 2.00. The van der Waals surface area contributed by atoms with Crippen molar-refractivity contribution in [1.82, 2.24) is 0 Å². The van der Waals surface area contributed by atoms with Gasteiger partial charge in [0.1, 0.15) is 0 Å². The van der Waals surface area contributed by atoms with E-state index in [2.05, 4.69) is 6.42 Å². The van der Waals surface area contributed by atoms with Gasteiger partial charge in [0.2, 0.25) is 0 Å². The van der Waals surface area contributed by atoms with E-state index in [-0.39, 0.29) is 35.9 Å². The van der Waals surface area contributed by atoms with Crippen molar-refractivity contribution in [3.63, 3.8) is 0 Å². The number of hydrogen-bond donors (Lipinski definition) is 0. The van der Waals surface area contributed by atoms with E-state index in [1.807, 2.05) is 0 Å². The largest absolute Gasteiger partial charge is 0.697 e. The predicted octanol–water partition coefficient (Wildman–Crippen LogP) is 1.10. The number of hydrogen-bond acceptors (Lipinski definition) is 0. The first-order valence-corrected chi connectivity index (χ1v) is 0.289. The molecule has 0 rings (SSSR count). The van der Waals surface area contributed by atoms with E-state index in [0.717, 1.165) is 0 Å². The Balaban J connectivity index is -0.00000000167. The molecule has 0 aliphatic rings. The first-order valence-electron chi connectivity index (χ1n) is 0.289. The van der Waals surface area contributed by atoms with E-state index in [0.29, 0.717) is 0 Å². The fourth-order valence-electron chi connectivity index (χ4n) is 0. The van der Waals surface area contributed by atoms with Crippen molar-refractivity contribution in [3.05, 3.63) is 21.3 Å². The summed E-state index contributed by atoms with van der Waals surface area (Å²) in [7, 11) is 0. The summed E-state index contributed by atoms with van der Waals surface area (Å²) in [4.78, 5) is 0. The van der Waals surface area contributed by atoms with Gasteiger partial charge in [-0.1, -0.05) is 0 Å². The van der Waals surface area contributed by atoms with E-state index in [9.17, 15) is 0 Å². The van der Waals surface area contributed by atoms with Gasteiger partial charge >= 0.3 is 0 Å². The minimum atomic E-state index is 0. The second kappa shape index (κ2) is 727. The molecule has 0 aliphatic heterocycles. The average molecular weight is 239 g/mol. The summed E-state index contributed by atoms with van der Waals surface area (Å²) in [6, 6.07) is 0. The SMILES string of the molecule is [C-]#C.[CH3-].[CH3-].[W]. The summed E-state index contributed by atoms with van der Waals surface area (Å²) >= 11 is 0. The fourth-order valence-corrected chi connectivity index (χ4v) is 0. The van der Waals surface area contributed by atoms with E-state index in [4.69, 9.17) is 6.42 Å². The number of rotatable bonds is 0. The Hall–Kier alpha value is 0.248. The van der Waals surface area contributed by atoms with Gasteiger partial charge in [-0.05, 0) is 0 Å². The minimum Gasteiger partial charge on any atom is -0.697 e. The Labute approximate surface area is 49.2 Å². The van der Waals surface area contributed by atoms with Gasteiger partial charge in [-0.25, -0.2) is 0 Å². The molecule has 0 aromatic carbocycles. The summed E-state index contributed by atoms with van der Waals surface area (Å²) in [5.41, 5.74) is 0. The fraction of sp³-hybridized carbons (Fsp3) is 0. The molecule has 0 unspecified atom stereocenters. The molecule has 0 aliphatic carbocycles. The smallest absolute Gasteiger partial charge is 0 e. The molecule has 0 radical (unpaired) electrons. The van der Waals surface area contributed by atoms with Gasteiger partial charge < -0.3 is 27.7 Å². The average Bonchev–Trinajstić information content (AvgIpc) is 1.00. The van der Waals surface area contributed by atoms with Crippen molar-refractivity contribution in [3.8, 4) is 6.42 Å². The van der Waals surface area contributed by atoms with Gasteiger partial charge in [-0.2, -0.15) is 0 Å². The maximum Gasteiger partial charge on any atom is 0 e. The van der Waals surface area contributed by atoms with Crippen LogP contribution in [-0.4, -0.2) is 0 Å². The Morgan fingerprint density at radius 1 is 1.00 bits per heavy atom. The van der Waals surface area contributed by atoms with Gasteiger partial charge in [-0.15, -0.1) is 0 Å². The molecular weight excluding hydrogens is 232 g/mol. The van der Waals surface area contributed by atoms with Crippen LogP contribution in [0.1, 0.15) is 0 Å². The summed E-state index contributed by atoms with van der Waals surface area (Å²) < 4.78 is 0. The van der Waals surface area contributed by atoms with Crippen LogP contribution in [0.25, 0.3) is 0 Å². The summed E-state index contributed by atoms with van der Waals surface area (Å²) in [6.45, 7) is 0. The summed E-state index contributed by atoms with van der Waals surface area (Å²) in [5.74, 6) is 0. The molecular formula is C4H7W-3. The monoisotopic (exact) mass is 239 g/mol. The van der Waals surface area contributed by atoms with Gasteiger partial charge in [0, 0.05) is 21.1 Å². The van der Waals surface area contributed by atoms with Crippen LogP contribution in [0.3, 0.4) is 0 Å². The van der Waals surface area contributed by atoms with E-state index < -0.39 is 0 Å². The molecule has 0 aromatic rings. The van der Waals surface area contributed by atoms with E-state index in [1.54, 1.807) is 0 Å². The van der Waals surface area contributed by atoms with Crippen LogP contribution in [-0.2, 0) is 21.1 Å². The Bertz CT molecular complexity index is 8.36. The maximum atomic E-state index is 5.25. The molecule has 0 nitrogen and oxygen atoms in total. The van der Waals surface area contributed by atoms with Crippen LogP contribution in [0.4, 0.5) is 0 Å². The topological polar surface area (TPSA) is 0 Å². The van der Waals surface area contributed by atoms with Crippen molar-refractivity contribution < 1.29 is 21.1 Å². The minimum absolute atomic E-state index is 0. The molecule has 0 N–H and O–H groups in total. The second-order valence-electron chi connectivity index (χ2n) is 0. The maximum absolute atomic E-state index is 5.25. The predicted molar refractivity (Wildman–Crippen MR) is 21.0 cm³/mol. The third-order valence-electron chi connectivity index (χ3n) is 0. The van der Waals surface area contributed by atoms with Crippen LogP contribution in [0.2, 0.25) is 0 Å². The van der Waals surface area contributed by atoms with Gasteiger partial charge in [0.25, 0.3) is 0 Å². The Morgan fingerprint density at radius 3 is 1.00 bits per heavy atom. The third kappa shape index (κ3) is 348. The van der Waals surface area contributed by atoms with Crippen molar-refractivity contribution in [2.45, 2.75) is 0 Å². The first kappa shape index (κ1) is 60.8. The zero-order valence-electron chi connectivity index (χ0n) is 3.49. The third-order valence-corrected chi connectivity index (χ3v) is 0. The molecule has 5 heavy (non-hydrogen) atoms. The first-order chi connectivity index (χ1) is 1.00. The molecule has 0 saturated heterocycles. The van der Waals surface area contributed by atoms with Gasteiger partial charge in [-0.3, -0.25) is 0 Å². The molecule has 0 fully saturated rings. The van der Waals surface area contributed by atoms with Crippen LogP contribution in [0.5, 0.6) is 0 Å². The van der Waals surface area contributed by atoms with Crippen LogP contribution >= 0.6 is 0 Å². The van der Waals surface area contributed by atoms with Crippen molar-refractivity contribution in [1.29, 1.82) is 0 Å². The molecule has 0 heterocycles. The zero-order valence-corrected chi connectivity index (χ0v) is 6.42. The van der Waals surface area contributed by atoms with Crippen molar-refractivity contribution in [2.75, 3.05) is 0 Å². The molecule has 0 saturated carbocycles. The van der Waals surface area contributed by atoms with E-state index in [1.165, 1.54) is 0 Å². The molecule has 1 heteroatoms. The molecule has 0 spiro atoms. The van der Waals surface area contributed by atoms with Crippen molar-refractivity contribution >= 4 is 0 Å². The second-order valence-corrected chi connectivity index (χ2v) is 0. The molecule has 0 amide bonds. The molecule has 0 atom stereocenters. The van der Waals surface area contributed by atoms with Gasteiger partial charge in [0.05, 0.1) is 0 Å². The molecule has 0 aromatic heterocycles.